The molecule has 0 saturated heterocycles. The van der Waals surface area contributed by atoms with Crippen LogP contribution in [0.4, 0.5) is 4.39 Å². The molecule has 1 atom stereocenters. The number of halogens is 3. The molecule has 0 radical (unpaired) electrons. The molecular weight excluding hydrogens is 308 g/mol. The molecule has 0 saturated carbocycles. The van der Waals surface area contributed by atoms with E-state index in [2.05, 4.69) is 20.8 Å². The SMILES string of the molecule is COCC(Br)CN(C)Cc1ccc(F)cc1Cl. The zero-order valence-corrected chi connectivity index (χ0v) is 12.3. The number of nitrogens with zero attached hydrogens (tertiary/aromatic N) is 1. The molecule has 0 heterocycles. The normalized spacial score (nSPS) is 13.1. The lowest BCUT2D eigenvalue weighted by Crippen LogP contribution is -2.28. The molecule has 0 aliphatic heterocycles. The number of rotatable bonds is 6. The minimum absolute atomic E-state index is 0.275. The summed E-state index contributed by atoms with van der Waals surface area (Å²) in [5.74, 6) is -0.306. The molecule has 1 rings (SSSR count). The first-order valence-electron chi connectivity index (χ1n) is 5.28. The topological polar surface area (TPSA) is 12.5 Å². The fourth-order valence-electron chi connectivity index (χ4n) is 1.58. The van der Waals surface area contributed by atoms with Gasteiger partial charge in [-0.05, 0) is 24.7 Å². The van der Waals surface area contributed by atoms with E-state index >= 15 is 0 Å². The van der Waals surface area contributed by atoms with Gasteiger partial charge in [-0.15, -0.1) is 0 Å². The Hall–Kier alpha value is -0.160. The number of hydrogen-bond donors (Lipinski definition) is 0. The van der Waals surface area contributed by atoms with Gasteiger partial charge >= 0.3 is 0 Å². The van der Waals surface area contributed by atoms with Crippen molar-refractivity contribution in [3.63, 3.8) is 0 Å². The maximum Gasteiger partial charge on any atom is 0.124 e. The third-order valence-electron chi connectivity index (χ3n) is 2.31. The Morgan fingerprint density at radius 1 is 1.53 bits per heavy atom. The molecule has 0 aliphatic rings. The predicted molar refractivity (Wildman–Crippen MR) is 72.3 cm³/mol. The van der Waals surface area contributed by atoms with E-state index in [-0.39, 0.29) is 10.6 Å². The van der Waals surface area contributed by atoms with Crippen LogP contribution in [0.2, 0.25) is 5.02 Å². The Morgan fingerprint density at radius 3 is 2.82 bits per heavy atom. The molecule has 2 nitrogen and oxygen atoms in total. The van der Waals surface area contributed by atoms with E-state index in [9.17, 15) is 4.39 Å². The summed E-state index contributed by atoms with van der Waals surface area (Å²) in [7, 11) is 3.66. The Morgan fingerprint density at radius 2 is 2.24 bits per heavy atom. The highest BCUT2D eigenvalue weighted by Crippen LogP contribution is 2.19. The number of hydrogen-bond acceptors (Lipinski definition) is 2. The summed E-state index contributed by atoms with van der Waals surface area (Å²) in [6.45, 7) is 2.17. The molecule has 1 aromatic rings. The number of ether oxygens (including phenoxy) is 1. The highest BCUT2D eigenvalue weighted by molar-refractivity contribution is 9.09. The van der Waals surface area contributed by atoms with Gasteiger partial charge in [0.15, 0.2) is 0 Å². The minimum Gasteiger partial charge on any atom is -0.383 e. The third-order valence-corrected chi connectivity index (χ3v) is 3.22. The van der Waals surface area contributed by atoms with Gasteiger partial charge in [0.05, 0.1) is 11.4 Å². The van der Waals surface area contributed by atoms with Crippen molar-refractivity contribution in [2.75, 3.05) is 27.3 Å². The molecule has 0 amide bonds. The van der Waals surface area contributed by atoms with E-state index < -0.39 is 0 Å². The van der Waals surface area contributed by atoms with Crippen LogP contribution in [0, 0.1) is 5.82 Å². The molecule has 5 heteroatoms. The van der Waals surface area contributed by atoms with Crippen molar-refractivity contribution in [3.8, 4) is 0 Å². The molecule has 1 unspecified atom stereocenters. The van der Waals surface area contributed by atoms with Crippen molar-refractivity contribution < 1.29 is 9.13 Å². The van der Waals surface area contributed by atoms with Gasteiger partial charge in [0, 0.05) is 25.2 Å². The van der Waals surface area contributed by atoms with Crippen molar-refractivity contribution in [2.45, 2.75) is 11.4 Å². The van der Waals surface area contributed by atoms with Gasteiger partial charge in [-0.25, -0.2) is 4.39 Å². The number of benzene rings is 1. The van der Waals surface area contributed by atoms with Gasteiger partial charge in [0.1, 0.15) is 5.82 Å². The lowest BCUT2D eigenvalue weighted by atomic mass is 10.2. The van der Waals surface area contributed by atoms with Gasteiger partial charge in [0.25, 0.3) is 0 Å². The Bertz CT molecular complexity index is 364. The van der Waals surface area contributed by atoms with Crippen molar-refractivity contribution in [1.29, 1.82) is 0 Å². The molecule has 0 aromatic heterocycles. The molecule has 1 aromatic carbocycles. The molecule has 0 aliphatic carbocycles. The van der Waals surface area contributed by atoms with Crippen LogP contribution in [0.5, 0.6) is 0 Å². The summed E-state index contributed by atoms with van der Waals surface area (Å²) in [4.78, 5) is 2.38. The zero-order valence-electron chi connectivity index (χ0n) is 9.92. The van der Waals surface area contributed by atoms with Gasteiger partial charge < -0.3 is 9.64 Å². The number of methoxy groups -OCH3 is 1. The van der Waals surface area contributed by atoms with Crippen LogP contribution in [-0.4, -0.2) is 37.0 Å². The molecule has 0 fully saturated rings. The van der Waals surface area contributed by atoms with Crippen LogP contribution >= 0.6 is 27.5 Å². The van der Waals surface area contributed by atoms with Crippen LogP contribution in [0.25, 0.3) is 0 Å². The van der Waals surface area contributed by atoms with E-state index in [1.165, 1.54) is 12.1 Å². The van der Waals surface area contributed by atoms with Crippen LogP contribution < -0.4 is 0 Å². The summed E-state index contributed by atoms with van der Waals surface area (Å²) >= 11 is 9.49. The molecule has 0 N–H and O–H groups in total. The summed E-state index contributed by atoms with van der Waals surface area (Å²) < 4.78 is 17.9. The summed E-state index contributed by atoms with van der Waals surface area (Å²) in [6.07, 6.45) is 0. The Labute approximate surface area is 115 Å². The quantitative estimate of drug-likeness (QED) is 0.744. The Balaban J connectivity index is 2.52. The van der Waals surface area contributed by atoms with Crippen LogP contribution in [0.15, 0.2) is 18.2 Å². The summed E-state index contributed by atoms with van der Waals surface area (Å²) in [6, 6.07) is 4.48. The maximum absolute atomic E-state index is 12.9. The van der Waals surface area contributed by atoms with E-state index in [0.717, 1.165) is 12.1 Å². The van der Waals surface area contributed by atoms with Crippen LogP contribution in [0.3, 0.4) is 0 Å². The first kappa shape index (κ1) is 14.9. The standard InChI is InChI=1S/C12H16BrClFNO/c1-16(7-10(13)8-17-2)6-9-3-4-11(15)5-12(9)14/h3-5,10H,6-8H2,1-2H3. The van der Waals surface area contributed by atoms with E-state index in [4.69, 9.17) is 16.3 Å². The first-order chi connectivity index (χ1) is 8.02. The average Bonchev–Trinajstić information content (AvgIpc) is 2.22. The smallest absolute Gasteiger partial charge is 0.124 e. The van der Waals surface area contributed by atoms with Crippen LogP contribution in [0.1, 0.15) is 5.56 Å². The largest absolute Gasteiger partial charge is 0.383 e. The van der Waals surface area contributed by atoms with Gasteiger partial charge in [-0.1, -0.05) is 33.6 Å². The van der Waals surface area contributed by atoms with Crippen molar-refractivity contribution in [2.24, 2.45) is 0 Å². The lowest BCUT2D eigenvalue weighted by molar-refractivity contribution is 0.185. The number of alkyl halides is 1. The first-order valence-corrected chi connectivity index (χ1v) is 6.57. The minimum atomic E-state index is -0.306. The summed E-state index contributed by atoms with van der Waals surface area (Å²) in [5.41, 5.74) is 0.924. The third kappa shape index (κ3) is 5.34. The van der Waals surface area contributed by atoms with Crippen molar-refractivity contribution >= 4 is 27.5 Å². The van der Waals surface area contributed by atoms with E-state index in [0.29, 0.717) is 18.2 Å². The molecular formula is C12H16BrClFNO. The second-order valence-corrected chi connectivity index (χ2v) is 5.69. The van der Waals surface area contributed by atoms with Gasteiger partial charge in [-0.3, -0.25) is 0 Å². The Kier molecular flexibility index (Phi) is 6.41. The maximum atomic E-state index is 12.9. The molecule has 96 valence electrons. The fraction of sp³-hybridized carbons (Fsp3) is 0.500. The van der Waals surface area contributed by atoms with Crippen molar-refractivity contribution in [3.05, 3.63) is 34.6 Å². The van der Waals surface area contributed by atoms with Crippen molar-refractivity contribution in [1.82, 2.24) is 4.90 Å². The second kappa shape index (κ2) is 7.31. The summed E-state index contributed by atoms with van der Waals surface area (Å²) in [5, 5.41) is 0.467. The lowest BCUT2D eigenvalue weighted by Gasteiger charge is -2.20. The fourth-order valence-corrected chi connectivity index (χ4v) is 2.56. The van der Waals surface area contributed by atoms with E-state index in [1.807, 2.05) is 7.05 Å². The molecule has 0 bridgehead atoms. The predicted octanol–water partition coefficient (Wildman–Crippen LogP) is 3.32. The van der Waals surface area contributed by atoms with Gasteiger partial charge in [-0.2, -0.15) is 0 Å². The second-order valence-electron chi connectivity index (χ2n) is 3.99. The molecule has 0 spiro atoms. The monoisotopic (exact) mass is 323 g/mol. The highest BCUT2D eigenvalue weighted by atomic mass is 79.9. The zero-order chi connectivity index (χ0) is 12.8. The van der Waals surface area contributed by atoms with Crippen LogP contribution in [-0.2, 0) is 11.3 Å². The van der Waals surface area contributed by atoms with E-state index in [1.54, 1.807) is 13.2 Å². The highest BCUT2D eigenvalue weighted by Gasteiger charge is 2.10. The van der Waals surface area contributed by atoms with Gasteiger partial charge in [0.2, 0.25) is 0 Å². The molecule has 17 heavy (non-hydrogen) atoms. The average molecular weight is 325 g/mol.